The van der Waals surface area contributed by atoms with Crippen molar-refractivity contribution in [1.29, 1.82) is 0 Å². The number of urea groups is 1. The highest BCUT2D eigenvalue weighted by Gasteiger charge is 2.03. The van der Waals surface area contributed by atoms with Gasteiger partial charge in [0, 0.05) is 6.54 Å². The lowest BCUT2D eigenvalue weighted by molar-refractivity contribution is 0.0945. The Morgan fingerprint density at radius 2 is 1.95 bits per heavy atom. The van der Waals surface area contributed by atoms with E-state index < -0.39 is 0 Å². The maximum atomic E-state index is 11.4. The first kappa shape index (κ1) is 16.1. The Hall–Kier alpha value is -1.99. The van der Waals surface area contributed by atoms with Crippen LogP contribution in [-0.4, -0.2) is 51.3 Å². The first-order valence-electron chi connectivity index (χ1n) is 6.24. The van der Waals surface area contributed by atoms with Gasteiger partial charge in [0.1, 0.15) is 0 Å². The van der Waals surface area contributed by atoms with Crippen LogP contribution in [0.4, 0.5) is 4.79 Å². The largest absolute Gasteiger partial charge is 0.493 e. The Kier molecular flexibility index (Phi) is 7.93. The lowest BCUT2D eigenvalue weighted by atomic mass is 10.3. The van der Waals surface area contributed by atoms with Gasteiger partial charge >= 0.3 is 6.03 Å². The number of carbonyl (C=O) groups excluding carboxylic acids is 1. The number of amides is 2. The first-order chi connectivity index (χ1) is 9.77. The van der Waals surface area contributed by atoms with Crippen molar-refractivity contribution in [2.45, 2.75) is 0 Å². The number of ether oxygens (including phenoxy) is 3. The fourth-order valence-electron chi connectivity index (χ4n) is 1.38. The molecule has 0 saturated carbocycles. The molecule has 0 aromatic heterocycles. The topological polar surface area (TPSA) is 89.1 Å². The van der Waals surface area contributed by atoms with Crippen LogP contribution in [0.25, 0.3) is 0 Å². The van der Waals surface area contributed by atoms with Gasteiger partial charge in [-0.1, -0.05) is 12.1 Å². The van der Waals surface area contributed by atoms with Crippen LogP contribution in [-0.2, 0) is 4.74 Å². The van der Waals surface area contributed by atoms with E-state index in [1.165, 1.54) is 0 Å². The van der Waals surface area contributed by atoms with E-state index in [0.29, 0.717) is 24.7 Å². The molecule has 0 fully saturated rings. The third kappa shape index (κ3) is 6.26. The maximum absolute atomic E-state index is 11.4. The third-order valence-corrected chi connectivity index (χ3v) is 2.30. The van der Waals surface area contributed by atoms with Crippen LogP contribution in [0.1, 0.15) is 0 Å². The summed E-state index contributed by atoms with van der Waals surface area (Å²) in [5.41, 5.74) is 0. The first-order valence-corrected chi connectivity index (χ1v) is 6.24. The molecule has 3 N–H and O–H groups in total. The Morgan fingerprint density at radius 1 is 1.20 bits per heavy atom. The summed E-state index contributed by atoms with van der Waals surface area (Å²) >= 11 is 0. The monoisotopic (exact) mass is 284 g/mol. The van der Waals surface area contributed by atoms with Crippen molar-refractivity contribution >= 4 is 6.03 Å². The van der Waals surface area contributed by atoms with Crippen LogP contribution < -0.4 is 20.1 Å². The highest BCUT2D eigenvalue weighted by molar-refractivity contribution is 5.73. The van der Waals surface area contributed by atoms with Crippen molar-refractivity contribution < 1.29 is 24.1 Å². The van der Waals surface area contributed by atoms with E-state index in [0.717, 1.165) is 0 Å². The zero-order chi connectivity index (χ0) is 14.6. The molecule has 20 heavy (non-hydrogen) atoms. The zero-order valence-corrected chi connectivity index (χ0v) is 11.4. The number of rotatable bonds is 9. The molecule has 0 spiro atoms. The SMILES string of the molecule is COc1ccccc1OCNC(=O)NCCOCCO. The summed E-state index contributed by atoms with van der Waals surface area (Å²) in [6.07, 6.45) is 0. The summed E-state index contributed by atoms with van der Waals surface area (Å²) in [5.74, 6) is 1.16. The number of para-hydroxylation sites is 2. The van der Waals surface area contributed by atoms with Gasteiger partial charge in [-0.25, -0.2) is 4.79 Å². The average Bonchev–Trinajstić information content (AvgIpc) is 2.47. The lowest BCUT2D eigenvalue weighted by Crippen LogP contribution is -2.39. The van der Waals surface area contributed by atoms with Gasteiger partial charge in [0.25, 0.3) is 0 Å². The molecule has 1 rings (SSSR count). The second-order valence-electron chi connectivity index (χ2n) is 3.71. The summed E-state index contributed by atoms with van der Waals surface area (Å²) in [6.45, 7) is 0.977. The van der Waals surface area contributed by atoms with E-state index in [1.807, 2.05) is 12.1 Å². The molecule has 0 unspecified atom stereocenters. The number of aliphatic hydroxyl groups excluding tert-OH is 1. The molecule has 1 aromatic carbocycles. The van der Waals surface area contributed by atoms with E-state index >= 15 is 0 Å². The van der Waals surface area contributed by atoms with E-state index in [1.54, 1.807) is 19.2 Å². The molecule has 0 atom stereocenters. The van der Waals surface area contributed by atoms with Crippen LogP contribution in [0.15, 0.2) is 24.3 Å². The quantitative estimate of drug-likeness (QED) is 0.449. The summed E-state index contributed by atoms with van der Waals surface area (Å²) in [5, 5.41) is 13.6. The predicted molar refractivity (Wildman–Crippen MR) is 72.9 cm³/mol. The molecule has 0 bridgehead atoms. The fraction of sp³-hybridized carbons (Fsp3) is 0.462. The fourth-order valence-corrected chi connectivity index (χ4v) is 1.38. The van der Waals surface area contributed by atoms with Crippen LogP contribution >= 0.6 is 0 Å². The average molecular weight is 284 g/mol. The van der Waals surface area contributed by atoms with Gasteiger partial charge in [0.2, 0.25) is 0 Å². The second-order valence-corrected chi connectivity index (χ2v) is 3.71. The molecule has 112 valence electrons. The number of aliphatic hydroxyl groups is 1. The minimum absolute atomic E-state index is 0.0288. The summed E-state index contributed by atoms with van der Waals surface area (Å²) < 4.78 is 15.5. The molecule has 0 aliphatic carbocycles. The zero-order valence-electron chi connectivity index (χ0n) is 11.4. The van der Waals surface area contributed by atoms with Crippen LogP contribution in [0.5, 0.6) is 11.5 Å². The number of nitrogens with one attached hydrogen (secondary N) is 2. The molecule has 0 aliphatic heterocycles. The maximum Gasteiger partial charge on any atom is 0.317 e. The second kappa shape index (κ2) is 9.88. The van der Waals surface area contributed by atoms with Gasteiger partial charge in [-0.3, -0.25) is 0 Å². The van der Waals surface area contributed by atoms with Crippen molar-refractivity contribution in [2.24, 2.45) is 0 Å². The van der Waals surface area contributed by atoms with Crippen molar-refractivity contribution in [3.63, 3.8) is 0 Å². The van der Waals surface area contributed by atoms with Gasteiger partial charge in [0.15, 0.2) is 18.2 Å². The highest BCUT2D eigenvalue weighted by atomic mass is 16.5. The van der Waals surface area contributed by atoms with Gasteiger partial charge in [-0.2, -0.15) is 0 Å². The van der Waals surface area contributed by atoms with E-state index in [-0.39, 0.29) is 26.0 Å². The molecule has 0 aliphatic rings. The minimum Gasteiger partial charge on any atom is -0.493 e. The predicted octanol–water partition coefficient (Wildman–Crippen LogP) is 0.340. The Labute approximate surface area is 117 Å². The molecule has 7 heteroatoms. The Bertz CT molecular complexity index is 400. The number of benzene rings is 1. The number of hydrogen-bond donors (Lipinski definition) is 3. The van der Waals surface area contributed by atoms with Crippen molar-refractivity contribution in [3.05, 3.63) is 24.3 Å². The molecule has 0 saturated heterocycles. The summed E-state index contributed by atoms with van der Waals surface area (Å²) in [4.78, 5) is 11.4. The highest BCUT2D eigenvalue weighted by Crippen LogP contribution is 2.25. The molecule has 1 aromatic rings. The van der Waals surface area contributed by atoms with Gasteiger partial charge < -0.3 is 30.0 Å². The molecule has 7 nitrogen and oxygen atoms in total. The standard InChI is InChI=1S/C13H20N2O5/c1-18-11-4-2-3-5-12(11)20-10-15-13(17)14-6-8-19-9-7-16/h2-5,16H,6-10H2,1H3,(H2,14,15,17). The number of hydrogen-bond acceptors (Lipinski definition) is 5. The van der Waals surface area contributed by atoms with Crippen molar-refractivity contribution in [3.8, 4) is 11.5 Å². The van der Waals surface area contributed by atoms with E-state index in [2.05, 4.69) is 10.6 Å². The third-order valence-electron chi connectivity index (χ3n) is 2.30. The molecule has 0 heterocycles. The molecule has 2 amide bonds. The van der Waals surface area contributed by atoms with Crippen LogP contribution in [0, 0.1) is 0 Å². The molecule has 0 radical (unpaired) electrons. The summed E-state index contributed by atoms with van der Waals surface area (Å²) in [6, 6.07) is 6.82. The van der Waals surface area contributed by atoms with Crippen LogP contribution in [0.2, 0.25) is 0 Å². The smallest absolute Gasteiger partial charge is 0.317 e. The lowest BCUT2D eigenvalue weighted by Gasteiger charge is -2.11. The van der Waals surface area contributed by atoms with Gasteiger partial charge in [0.05, 0.1) is 26.9 Å². The molecular formula is C13H20N2O5. The normalized spacial score (nSPS) is 9.90. The van der Waals surface area contributed by atoms with Crippen molar-refractivity contribution in [2.75, 3.05) is 40.2 Å². The van der Waals surface area contributed by atoms with Gasteiger partial charge in [-0.15, -0.1) is 0 Å². The Balaban J connectivity index is 2.15. The van der Waals surface area contributed by atoms with E-state index in [4.69, 9.17) is 19.3 Å². The van der Waals surface area contributed by atoms with Gasteiger partial charge in [-0.05, 0) is 12.1 Å². The van der Waals surface area contributed by atoms with Crippen molar-refractivity contribution in [1.82, 2.24) is 10.6 Å². The number of methoxy groups -OCH3 is 1. The van der Waals surface area contributed by atoms with E-state index in [9.17, 15) is 4.79 Å². The Morgan fingerprint density at radius 3 is 2.65 bits per heavy atom. The minimum atomic E-state index is -0.354. The summed E-state index contributed by atoms with van der Waals surface area (Å²) in [7, 11) is 1.55. The molecular weight excluding hydrogens is 264 g/mol. The van der Waals surface area contributed by atoms with Crippen LogP contribution in [0.3, 0.4) is 0 Å². The number of carbonyl (C=O) groups is 1.